The summed E-state index contributed by atoms with van der Waals surface area (Å²) in [6.45, 7) is 6.48. The molecule has 0 saturated heterocycles. The molecule has 0 aliphatic heterocycles. The minimum absolute atomic E-state index is 0.779. The van der Waals surface area contributed by atoms with Crippen molar-refractivity contribution in [3.05, 3.63) is 47.0 Å². The van der Waals surface area contributed by atoms with Crippen molar-refractivity contribution in [3.63, 3.8) is 0 Å². The third kappa shape index (κ3) is 3.04. The Bertz CT molecular complexity index is 596. The van der Waals surface area contributed by atoms with Gasteiger partial charge < -0.3 is 5.41 Å². The first kappa shape index (κ1) is 13.8. The summed E-state index contributed by atoms with van der Waals surface area (Å²) in [6.07, 6.45) is 4.21. The molecular weight excluding hydrogens is 230 g/mol. The predicted octanol–water partition coefficient (Wildman–Crippen LogP) is 5.27. The number of unbranched alkanes of at least 4 members (excludes halogenated alkanes) is 1. The van der Waals surface area contributed by atoms with Crippen LogP contribution in [0, 0.1) is 12.3 Å². The zero-order chi connectivity index (χ0) is 13.8. The van der Waals surface area contributed by atoms with Crippen LogP contribution in [-0.4, -0.2) is 5.71 Å². The highest BCUT2D eigenvalue weighted by atomic mass is 14.4. The van der Waals surface area contributed by atoms with E-state index in [0.29, 0.717) is 0 Å². The maximum atomic E-state index is 8.23. The topological polar surface area (TPSA) is 23.9 Å². The molecule has 1 N–H and O–H groups in total. The smallest absolute Gasteiger partial charge is 0.0389 e. The molecule has 0 unspecified atom stereocenters. The van der Waals surface area contributed by atoms with Gasteiger partial charge in [0.05, 0.1) is 0 Å². The Morgan fingerprint density at radius 3 is 2.53 bits per heavy atom. The fourth-order valence-electron chi connectivity index (χ4n) is 2.49. The molecule has 0 heterocycles. The first-order chi connectivity index (χ1) is 9.15. The lowest BCUT2D eigenvalue weighted by atomic mass is 9.95. The predicted molar refractivity (Wildman–Crippen MR) is 84.4 cm³/mol. The van der Waals surface area contributed by atoms with Crippen molar-refractivity contribution >= 4 is 16.5 Å². The molecule has 0 atom stereocenters. The van der Waals surface area contributed by atoms with Crippen LogP contribution >= 0.6 is 0 Å². The molecule has 2 aromatic carbocycles. The lowest BCUT2D eigenvalue weighted by Gasteiger charge is -2.10. The standard InChI is InChI=1S/C18H23N/c1-4-6-7-18(19)17-12-15-9-8-14(5-2)11-16(15)10-13(17)3/h8-12,19H,4-7H2,1-3H3. The first-order valence-electron chi connectivity index (χ1n) is 7.26. The summed E-state index contributed by atoms with van der Waals surface area (Å²) in [5.74, 6) is 0. The van der Waals surface area contributed by atoms with Gasteiger partial charge in [-0.25, -0.2) is 0 Å². The van der Waals surface area contributed by atoms with E-state index in [1.165, 1.54) is 21.9 Å². The van der Waals surface area contributed by atoms with Crippen LogP contribution in [0.15, 0.2) is 30.3 Å². The molecule has 100 valence electrons. The average molecular weight is 253 g/mol. The Balaban J connectivity index is 2.41. The van der Waals surface area contributed by atoms with Crippen LogP contribution in [0.3, 0.4) is 0 Å². The van der Waals surface area contributed by atoms with E-state index in [4.69, 9.17) is 5.41 Å². The van der Waals surface area contributed by atoms with Gasteiger partial charge in [0, 0.05) is 5.71 Å². The average Bonchev–Trinajstić information content (AvgIpc) is 2.43. The molecule has 0 amide bonds. The highest BCUT2D eigenvalue weighted by molar-refractivity contribution is 6.03. The van der Waals surface area contributed by atoms with E-state index in [0.717, 1.165) is 37.0 Å². The van der Waals surface area contributed by atoms with Gasteiger partial charge in [-0.1, -0.05) is 44.5 Å². The number of nitrogens with one attached hydrogen (secondary N) is 1. The van der Waals surface area contributed by atoms with Gasteiger partial charge in [0.25, 0.3) is 0 Å². The van der Waals surface area contributed by atoms with Crippen LogP contribution < -0.4 is 0 Å². The second-order valence-electron chi connectivity index (χ2n) is 5.28. The molecule has 19 heavy (non-hydrogen) atoms. The Hall–Kier alpha value is -1.63. The van der Waals surface area contributed by atoms with Gasteiger partial charge in [-0.15, -0.1) is 0 Å². The number of hydrogen-bond donors (Lipinski definition) is 1. The molecule has 0 aliphatic rings. The molecule has 0 aliphatic carbocycles. The molecule has 0 radical (unpaired) electrons. The van der Waals surface area contributed by atoms with E-state index < -0.39 is 0 Å². The molecule has 0 spiro atoms. The third-order valence-corrected chi connectivity index (χ3v) is 3.76. The molecule has 1 nitrogen and oxygen atoms in total. The molecule has 1 heteroatoms. The highest BCUT2D eigenvalue weighted by Crippen LogP contribution is 2.23. The number of hydrogen-bond acceptors (Lipinski definition) is 1. The SMILES string of the molecule is CCCCC(=N)c1cc2ccc(CC)cc2cc1C. The highest BCUT2D eigenvalue weighted by Gasteiger charge is 2.07. The number of aryl methyl sites for hydroxylation is 2. The summed E-state index contributed by atoms with van der Waals surface area (Å²) in [5.41, 5.74) is 4.49. The van der Waals surface area contributed by atoms with Crippen molar-refractivity contribution in [3.8, 4) is 0 Å². The van der Waals surface area contributed by atoms with Gasteiger partial charge in [0.2, 0.25) is 0 Å². The van der Waals surface area contributed by atoms with Gasteiger partial charge >= 0.3 is 0 Å². The van der Waals surface area contributed by atoms with E-state index in [-0.39, 0.29) is 0 Å². The largest absolute Gasteiger partial charge is 0.305 e. The fourth-order valence-corrected chi connectivity index (χ4v) is 2.49. The molecule has 0 saturated carbocycles. The number of fused-ring (bicyclic) bond motifs is 1. The second kappa shape index (κ2) is 6.01. The summed E-state index contributed by atoms with van der Waals surface area (Å²) >= 11 is 0. The van der Waals surface area contributed by atoms with Crippen molar-refractivity contribution in [1.29, 1.82) is 5.41 Å². The Kier molecular flexibility index (Phi) is 4.36. The number of rotatable bonds is 5. The Morgan fingerprint density at radius 1 is 1.05 bits per heavy atom. The monoisotopic (exact) mass is 253 g/mol. The van der Waals surface area contributed by atoms with Crippen LogP contribution in [0.1, 0.15) is 49.8 Å². The maximum absolute atomic E-state index is 8.23. The number of benzene rings is 2. The van der Waals surface area contributed by atoms with Gasteiger partial charge in [0.15, 0.2) is 0 Å². The van der Waals surface area contributed by atoms with E-state index >= 15 is 0 Å². The minimum atomic E-state index is 0.779. The summed E-state index contributed by atoms with van der Waals surface area (Å²) < 4.78 is 0. The summed E-state index contributed by atoms with van der Waals surface area (Å²) in [4.78, 5) is 0. The quantitative estimate of drug-likeness (QED) is 0.702. The third-order valence-electron chi connectivity index (χ3n) is 3.76. The molecular formula is C18H23N. The molecule has 2 aromatic rings. The lowest BCUT2D eigenvalue weighted by molar-refractivity contribution is 0.832. The zero-order valence-corrected chi connectivity index (χ0v) is 12.2. The van der Waals surface area contributed by atoms with E-state index in [2.05, 4.69) is 51.1 Å². The van der Waals surface area contributed by atoms with Crippen LogP contribution in [0.5, 0.6) is 0 Å². The molecule has 0 aromatic heterocycles. The summed E-state index contributed by atoms with van der Waals surface area (Å²) in [5, 5.41) is 10.8. The zero-order valence-electron chi connectivity index (χ0n) is 12.2. The van der Waals surface area contributed by atoms with Crippen molar-refractivity contribution in [2.75, 3.05) is 0 Å². The van der Waals surface area contributed by atoms with Gasteiger partial charge in [-0.3, -0.25) is 0 Å². The van der Waals surface area contributed by atoms with Crippen molar-refractivity contribution in [1.82, 2.24) is 0 Å². The molecule has 2 rings (SSSR count). The normalized spacial score (nSPS) is 10.9. The van der Waals surface area contributed by atoms with Crippen molar-refractivity contribution in [2.24, 2.45) is 0 Å². The van der Waals surface area contributed by atoms with Crippen LogP contribution in [-0.2, 0) is 6.42 Å². The van der Waals surface area contributed by atoms with E-state index in [9.17, 15) is 0 Å². The van der Waals surface area contributed by atoms with Gasteiger partial charge in [0.1, 0.15) is 0 Å². The lowest BCUT2D eigenvalue weighted by Crippen LogP contribution is -2.01. The van der Waals surface area contributed by atoms with Crippen molar-refractivity contribution in [2.45, 2.75) is 46.5 Å². The Labute approximate surface area is 116 Å². The van der Waals surface area contributed by atoms with Crippen LogP contribution in [0.4, 0.5) is 0 Å². The van der Waals surface area contributed by atoms with E-state index in [1.807, 2.05) is 0 Å². The second-order valence-corrected chi connectivity index (χ2v) is 5.28. The van der Waals surface area contributed by atoms with Gasteiger partial charge in [-0.2, -0.15) is 0 Å². The van der Waals surface area contributed by atoms with Crippen LogP contribution in [0.2, 0.25) is 0 Å². The van der Waals surface area contributed by atoms with Crippen molar-refractivity contribution < 1.29 is 0 Å². The molecule has 0 bridgehead atoms. The Morgan fingerprint density at radius 2 is 1.84 bits per heavy atom. The molecule has 0 fully saturated rings. The first-order valence-corrected chi connectivity index (χ1v) is 7.26. The fraction of sp³-hybridized carbons (Fsp3) is 0.389. The maximum Gasteiger partial charge on any atom is 0.0389 e. The van der Waals surface area contributed by atoms with E-state index in [1.54, 1.807) is 0 Å². The van der Waals surface area contributed by atoms with Gasteiger partial charge in [-0.05, 0) is 59.7 Å². The summed E-state index contributed by atoms with van der Waals surface area (Å²) in [7, 11) is 0. The minimum Gasteiger partial charge on any atom is -0.305 e. The summed E-state index contributed by atoms with van der Waals surface area (Å²) in [6, 6.07) is 11.1. The van der Waals surface area contributed by atoms with Crippen LogP contribution in [0.25, 0.3) is 10.8 Å².